The number of aliphatic imine (C=N–C) groups is 1. The third kappa shape index (κ3) is 5.64. The lowest BCUT2D eigenvalue weighted by molar-refractivity contribution is -0.158. The van der Waals surface area contributed by atoms with Gasteiger partial charge in [-0.05, 0) is 40.0 Å². The van der Waals surface area contributed by atoms with E-state index < -0.39 is 46.8 Å². The van der Waals surface area contributed by atoms with E-state index in [4.69, 9.17) is 9.84 Å². The van der Waals surface area contributed by atoms with Crippen molar-refractivity contribution in [2.75, 3.05) is 6.61 Å². The van der Waals surface area contributed by atoms with Crippen LogP contribution in [0.3, 0.4) is 0 Å². The summed E-state index contributed by atoms with van der Waals surface area (Å²) < 4.78 is 57.7. The molecule has 1 fully saturated rings. The molecule has 9 heteroatoms. The molecule has 0 aliphatic heterocycles. The molecule has 1 unspecified atom stereocenters. The minimum Gasteiger partial charge on any atom is -0.478 e. The third-order valence-electron chi connectivity index (χ3n) is 4.70. The van der Waals surface area contributed by atoms with Crippen molar-refractivity contribution in [3.05, 3.63) is 23.4 Å². The Labute approximate surface area is 154 Å². The predicted octanol–water partition coefficient (Wildman–Crippen LogP) is 4.24. The number of alkyl halides is 4. The van der Waals surface area contributed by atoms with Crippen LogP contribution in [0.25, 0.3) is 0 Å². The molecule has 3 atom stereocenters. The SMILES string of the molecule is C=C(/N=C\C(C(=O)O)=C(/C)C(F)(F)F)C1CC[C@](C)(C(=O)OCC)C[C@H]1F. The summed E-state index contributed by atoms with van der Waals surface area (Å²) in [5.74, 6) is -3.11. The Kier molecular flexibility index (Phi) is 7.33. The van der Waals surface area contributed by atoms with Crippen LogP contribution in [0.4, 0.5) is 17.6 Å². The lowest BCUT2D eigenvalue weighted by Gasteiger charge is -2.37. The summed E-state index contributed by atoms with van der Waals surface area (Å²) in [7, 11) is 0. The molecule has 152 valence electrons. The molecule has 0 radical (unpaired) electrons. The highest BCUT2D eigenvalue weighted by molar-refractivity contribution is 6.09. The Morgan fingerprint density at radius 3 is 2.44 bits per heavy atom. The largest absolute Gasteiger partial charge is 0.478 e. The topological polar surface area (TPSA) is 76.0 Å². The molecular weight excluding hydrogens is 370 g/mol. The number of rotatable bonds is 6. The van der Waals surface area contributed by atoms with Crippen molar-refractivity contribution >= 4 is 18.2 Å². The quantitative estimate of drug-likeness (QED) is 0.317. The van der Waals surface area contributed by atoms with Crippen molar-refractivity contribution in [1.29, 1.82) is 0 Å². The van der Waals surface area contributed by atoms with E-state index >= 15 is 0 Å². The molecule has 1 saturated carbocycles. The van der Waals surface area contributed by atoms with Gasteiger partial charge < -0.3 is 9.84 Å². The number of hydrogen-bond acceptors (Lipinski definition) is 4. The zero-order valence-corrected chi connectivity index (χ0v) is 15.4. The molecule has 1 aliphatic rings. The van der Waals surface area contributed by atoms with Crippen LogP contribution in [0.5, 0.6) is 0 Å². The van der Waals surface area contributed by atoms with Crippen molar-refractivity contribution in [2.45, 2.75) is 52.4 Å². The van der Waals surface area contributed by atoms with Gasteiger partial charge in [0.05, 0.1) is 17.6 Å². The second kappa shape index (κ2) is 8.67. The smallest absolute Gasteiger partial charge is 0.413 e. The summed E-state index contributed by atoms with van der Waals surface area (Å²) >= 11 is 0. The van der Waals surface area contributed by atoms with Gasteiger partial charge in [-0.25, -0.2) is 9.18 Å². The van der Waals surface area contributed by atoms with E-state index in [1.165, 1.54) is 0 Å². The van der Waals surface area contributed by atoms with Crippen LogP contribution in [-0.2, 0) is 14.3 Å². The fourth-order valence-corrected chi connectivity index (χ4v) is 2.90. The van der Waals surface area contributed by atoms with E-state index in [0.29, 0.717) is 19.6 Å². The van der Waals surface area contributed by atoms with E-state index in [2.05, 4.69) is 11.6 Å². The summed E-state index contributed by atoms with van der Waals surface area (Å²) in [5, 5.41) is 8.96. The summed E-state index contributed by atoms with van der Waals surface area (Å²) in [6, 6.07) is 0. The van der Waals surface area contributed by atoms with Gasteiger partial charge in [-0.15, -0.1) is 0 Å². The van der Waals surface area contributed by atoms with E-state index in [1.54, 1.807) is 13.8 Å². The summed E-state index contributed by atoms with van der Waals surface area (Å²) in [6.45, 7) is 7.60. The minimum absolute atomic E-state index is 0.0675. The molecule has 0 aromatic carbocycles. The molecule has 27 heavy (non-hydrogen) atoms. The normalized spacial score (nSPS) is 27.2. The molecule has 5 nitrogen and oxygen atoms in total. The van der Waals surface area contributed by atoms with Crippen LogP contribution in [0.1, 0.15) is 40.0 Å². The maximum absolute atomic E-state index is 14.6. The first-order chi connectivity index (χ1) is 12.3. The highest BCUT2D eigenvalue weighted by atomic mass is 19.4. The van der Waals surface area contributed by atoms with E-state index in [1.807, 2.05) is 0 Å². The maximum Gasteiger partial charge on any atom is 0.413 e. The first kappa shape index (κ1) is 22.9. The number of aliphatic carboxylic acids is 1. The Balaban J connectivity index is 2.94. The fourth-order valence-electron chi connectivity index (χ4n) is 2.90. The minimum atomic E-state index is -4.82. The Hall–Kier alpha value is -2.19. The molecule has 1 aliphatic carbocycles. The van der Waals surface area contributed by atoms with E-state index in [9.17, 15) is 27.2 Å². The zero-order chi connectivity index (χ0) is 21.0. The molecule has 0 aromatic heterocycles. The van der Waals surface area contributed by atoms with Gasteiger partial charge in [0, 0.05) is 23.4 Å². The third-order valence-corrected chi connectivity index (χ3v) is 4.70. The Morgan fingerprint density at radius 2 is 2.00 bits per heavy atom. The van der Waals surface area contributed by atoms with Gasteiger partial charge in [0.15, 0.2) is 0 Å². The van der Waals surface area contributed by atoms with Crippen molar-refractivity contribution in [3.8, 4) is 0 Å². The first-order valence-electron chi connectivity index (χ1n) is 8.39. The molecular formula is C18H23F4NO4. The highest BCUT2D eigenvalue weighted by Crippen LogP contribution is 2.43. The van der Waals surface area contributed by atoms with Gasteiger partial charge in [-0.3, -0.25) is 9.79 Å². The molecule has 0 heterocycles. The lowest BCUT2D eigenvalue weighted by Crippen LogP contribution is -2.40. The average molecular weight is 393 g/mol. The monoisotopic (exact) mass is 393 g/mol. The molecule has 0 spiro atoms. The molecule has 0 bridgehead atoms. The number of nitrogens with zero attached hydrogens (tertiary/aromatic N) is 1. The van der Waals surface area contributed by atoms with Gasteiger partial charge >= 0.3 is 18.1 Å². The van der Waals surface area contributed by atoms with Crippen LogP contribution in [-0.4, -0.2) is 42.2 Å². The fraction of sp³-hybridized carbons (Fsp3) is 0.611. The summed E-state index contributed by atoms with van der Waals surface area (Å²) in [6.07, 6.45) is -5.42. The van der Waals surface area contributed by atoms with Crippen molar-refractivity contribution < 1.29 is 37.0 Å². The Bertz CT molecular complexity index is 669. The number of carbonyl (C=O) groups is 2. The number of esters is 1. The number of allylic oxidation sites excluding steroid dienone is 2. The molecule has 1 rings (SSSR count). The summed E-state index contributed by atoms with van der Waals surface area (Å²) in [4.78, 5) is 26.7. The number of carboxylic acid groups (broad SMARTS) is 1. The van der Waals surface area contributed by atoms with Gasteiger partial charge in [-0.2, -0.15) is 13.2 Å². The van der Waals surface area contributed by atoms with Crippen LogP contribution < -0.4 is 0 Å². The van der Waals surface area contributed by atoms with Crippen LogP contribution in [0.2, 0.25) is 0 Å². The second-order valence-corrected chi connectivity index (χ2v) is 6.74. The number of hydrogen-bond donors (Lipinski definition) is 1. The van der Waals surface area contributed by atoms with Gasteiger partial charge in [-0.1, -0.05) is 6.58 Å². The molecule has 0 saturated heterocycles. The van der Waals surface area contributed by atoms with Gasteiger partial charge in [0.2, 0.25) is 0 Å². The van der Waals surface area contributed by atoms with Crippen molar-refractivity contribution in [2.24, 2.45) is 16.3 Å². The standard InChI is InChI=1S/C18H23F4NO4/c1-5-27-16(26)17(4)7-6-12(14(19)8-17)11(3)23-9-13(15(24)25)10(2)18(20,21)22/h9,12,14H,3,5-8H2,1-2,4H3,(H,24,25)/b13-10-,23-9-/t12?,14-,17+/m1/s1. The van der Waals surface area contributed by atoms with Gasteiger partial charge in [0.1, 0.15) is 6.17 Å². The second-order valence-electron chi connectivity index (χ2n) is 6.74. The molecule has 1 N–H and O–H groups in total. The number of halogens is 4. The maximum atomic E-state index is 14.6. The number of carboxylic acids is 1. The first-order valence-corrected chi connectivity index (χ1v) is 8.39. The lowest BCUT2D eigenvalue weighted by atomic mass is 9.70. The zero-order valence-electron chi connectivity index (χ0n) is 15.4. The van der Waals surface area contributed by atoms with Crippen molar-refractivity contribution in [1.82, 2.24) is 0 Å². The average Bonchev–Trinajstić information content (AvgIpc) is 2.53. The molecule has 0 aromatic rings. The van der Waals surface area contributed by atoms with Crippen LogP contribution in [0, 0.1) is 11.3 Å². The van der Waals surface area contributed by atoms with Crippen LogP contribution in [0.15, 0.2) is 28.4 Å². The van der Waals surface area contributed by atoms with Crippen LogP contribution >= 0.6 is 0 Å². The predicted molar refractivity (Wildman–Crippen MR) is 91.0 cm³/mol. The number of ether oxygens (including phenoxy) is 1. The highest BCUT2D eigenvalue weighted by Gasteiger charge is 2.44. The van der Waals surface area contributed by atoms with Gasteiger partial charge in [0.25, 0.3) is 0 Å². The number of carbonyl (C=O) groups excluding carboxylic acids is 1. The Morgan fingerprint density at radius 1 is 1.41 bits per heavy atom. The van der Waals surface area contributed by atoms with E-state index in [-0.39, 0.29) is 25.1 Å². The summed E-state index contributed by atoms with van der Waals surface area (Å²) in [5.41, 5.74) is -3.41. The molecule has 0 amide bonds. The van der Waals surface area contributed by atoms with E-state index in [0.717, 1.165) is 0 Å². The van der Waals surface area contributed by atoms with Crippen molar-refractivity contribution in [3.63, 3.8) is 0 Å².